The lowest BCUT2D eigenvalue weighted by atomic mass is 9.99. The van der Waals surface area contributed by atoms with E-state index in [0.717, 1.165) is 43.9 Å². The number of hydrogen-bond donors (Lipinski definition) is 1. The molecule has 1 aliphatic heterocycles. The van der Waals surface area contributed by atoms with Crippen LogP contribution in [0.4, 0.5) is 5.69 Å². The maximum atomic E-state index is 12.7. The lowest BCUT2D eigenvalue weighted by Gasteiger charge is -2.33. The lowest BCUT2D eigenvalue weighted by molar-refractivity contribution is -0.141. The van der Waals surface area contributed by atoms with Gasteiger partial charge in [0.2, 0.25) is 0 Å². The number of amides is 1. The third-order valence-corrected chi connectivity index (χ3v) is 6.16. The second-order valence-corrected chi connectivity index (χ2v) is 8.38. The van der Waals surface area contributed by atoms with Gasteiger partial charge in [0.25, 0.3) is 5.91 Å². The molecule has 0 radical (unpaired) electrons. The summed E-state index contributed by atoms with van der Waals surface area (Å²) in [7, 11) is 0. The molecule has 5 nitrogen and oxygen atoms in total. The molecule has 1 heterocycles. The number of carbonyl (C=O) groups is 1. The minimum Gasteiger partial charge on any atom is -0.494 e. The van der Waals surface area contributed by atoms with Crippen LogP contribution < -0.4 is 10.1 Å². The maximum Gasteiger partial charge on any atom is 0.256 e. The molecule has 5 heteroatoms. The summed E-state index contributed by atoms with van der Waals surface area (Å²) in [6.07, 6.45) is 7.16. The van der Waals surface area contributed by atoms with Gasteiger partial charge in [-0.1, -0.05) is 6.42 Å². The highest BCUT2D eigenvalue weighted by Gasteiger charge is 2.48. The standard InChI is InChI=1S/C23H36N2O3/c1-4-28-23(3,19-9-10-19)22(26)24-20-11-13-21(14-12-20)27-17-7-16-25-15-6-5-8-18(25)2/h11-14,18-19H,4-10,15-17H2,1-3H3,(H,24,26)/t18-,23-/m1/s1. The van der Waals surface area contributed by atoms with E-state index in [9.17, 15) is 4.79 Å². The Balaban J connectivity index is 1.42. The molecule has 0 bridgehead atoms. The summed E-state index contributed by atoms with van der Waals surface area (Å²) in [6, 6.07) is 8.36. The van der Waals surface area contributed by atoms with Gasteiger partial charge in [0.05, 0.1) is 6.61 Å². The zero-order chi connectivity index (χ0) is 20.0. The van der Waals surface area contributed by atoms with Crippen molar-refractivity contribution in [3.05, 3.63) is 24.3 Å². The fraction of sp³-hybridized carbons (Fsp3) is 0.696. The second kappa shape index (κ2) is 9.75. The summed E-state index contributed by atoms with van der Waals surface area (Å²) in [4.78, 5) is 15.3. The van der Waals surface area contributed by atoms with Gasteiger partial charge in [0.15, 0.2) is 0 Å². The highest BCUT2D eigenvalue weighted by atomic mass is 16.5. The van der Waals surface area contributed by atoms with E-state index in [4.69, 9.17) is 9.47 Å². The topological polar surface area (TPSA) is 50.8 Å². The number of benzene rings is 1. The van der Waals surface area contributed by atoms with E-state index in [1.54, 1.807) is 0 Å². The first kappa shape index (κ1) is 21.1. The van der Waals surface area contributed by atoms with Crippen LogP contribution in [0.25, 0.3) is 0 Å². The molecule has 156 valence electrons. The molecule has 2 fully saturated rings. The number of likely N-dealkylation sites (tertiary alicyclic amines) is 1. The monoisotopic (exact) mass is 388 g/mol. The number of hydrogen-bond acceptors (Lipinski definition) is 4. The molecular weight excluding hydrogens is 352 g/mol. The van der Waals surface area contributed by atoms with Crippen molar-refractivity contribution in [1.82, 2.24) is 4.90 Å². The van der Waals surface area contributed by atoms with Crippen LogP contribution >= 0.6 is 0 Å². The first-order chi connectivity index (χ1) is 13.5. The Morgan fingerprint density at radius 2 is 1.96 bits per heavy atom. The molecule has 1 saturated heterocycles. The fourth-order valence-electron chi connectivity index (χ4n) is 4.14. The minimum atomic E-state index is -0.727. The Kier molecular flexibility index (Phi) is 7.36. The molecule has 0 spiro atoms. The van der Waals surface area contributed by atoms with E-state index in [0.29, 0.717) is 18.6 Å². The number of piperidine rings is 1. The average molecular weight is 389 g/mol. The number of ether oxygens (including phenoxy) is 2. The molecule has 0 aromatic heterocycles. The van der Waals surface area contributed by atoms with Crippen molar-refractivity contribution in [3.8, 4) is 5.75 Å². The number of anilines is 1. The SMILES string of the molecule is CCO[C@@](C)(C(=O)Nc1ccc(OCCCN2CCCC[C@H]2C)cc1)C1CC1. The van der Waals surface area contributed by atoms with E-state index in [1.807, 2.05) is 38.1 Å². The number of nitrogens with one attached hydrogen (secondary N) is 1. The van der Waals surface area contributed by atoms with Gasteiger partial charge < -0.3 is 19.7 Å². The van der Waals surface area contributed by atoms with Crippen molar-refractivity contribution in [3.63, 3.8) is 0 Å². The third-order valence-electron chi connectivity index (χ3n) is 6.16. The smallest absolute Gasteiger partial charge is 0.256 e. The first-order valence-corrected chi connectivity index (χ1v) is 10.9. The lowest BCUT2D eigenvalue weighted by Crippen LogP contribution is -2.44. The van der Waals surface area contributed by atoms with Crippen molar-refractivity contribution in [2.75, 3.05) is 31.6 Å². The molecule has 1 aromatic carbocycles. The quantitative estimate of drug-likeness (QED) is 0.601. The largest absolute Gasteiger partial charge is 0.494 e. The molecule has 1 aromatic rings. The zero-order valence-corrected chi connectivity index (χ0v) is 17.7. The summed E-state index contributed by atoms with van der Waals surface area (Å²) in [5.74, 6) is 1.12. The Morgan fingerprint density at radius 3 is 2.61 bits per heavy atom. The van der Waals surface area contributed by atoms with E-state index in [-0.39, 0.29) is 5.91 Å². The number of carbonyl (C=O) groups excluding carboxylic acids is 1. The zero-order valence-electron chi connectivity index (χ0n) is 17.7. The summed E-state index contributed by atoms with van der Waals surface area (Å²) in [6.45, 7) is 9.76. The van der Waals surface area contributed by atoms with Crippen molar-refractivity contribution < 1.29 is 14.3 Å². The highest BCUT2D eigenvalue weighted by molar-refractivity contribution is 5.97. The Morgan fingerprint density at radius 1 is 1.21 bits per heavy atom. The van der Waals surface area contributed by atoms with Crippen LogP contribution in [0.15, 0.2) is 24.3 Å². The van der Waals surface area contributed by atoms with Crippen molar-refractivity contribution in [2.45, 2.75) is 70.9 Å². The molecule has 1 amide bonds. The molecule has 1 N–H and O–H groups in total. The molecule has 2 aliphatic rings. The van der Waals surface area contributed by atoms with Crippen LogP contribution in [0.5, 0.6) is 5.75 Å². The van der Waals surface area contributed by atoms with Crippen molar-refractivity contribution >= 4 is 11.6 Å². The van der Waals surface area contributed by atoms with Gasteiger partial charge in [-0.2, -0.15) is 0 Å². The molecule has 2 atom stereocenters. The van der Waals surface area contributed by atoms with Gasteiger partial charge >= 0.3 is 0 Å². The predicted molar refractivity (Wildman–Crippen MR) is 113 cm³/mol. The van der Waals surface area contributed by atoms with Gasteiger partial charge in [0.1, 0.15) is 11.4 Å². The van der Waals surface area contributed by atoms with E-state index >= 15 is 0 Å². The van der Waals surface area contributed by atoms with Crippen molar-refractivity contribution in [2.24, 2.45) is 5.92 Å². The van der Waals surface area contributed by atoms with E-state index in [2.05, 4.69) is 17.1 Å². The molecule has 1 saturated carbocycles. The number of nitrogens with zero attached hydrogens (tertiary/aromatic N) is 1. The molecule has 28 heavy (non-hydrogen) atoms. The Bertz CT molecular complexity index is 629. The minimum absolute atomic E-state index is 0.0545. The summed E-state index contributed by atoms with van der Waals surface area (Å²) in [5.41, 5.74) is 0.0567. The molecule has 0 unspecified atom stereocenters. The normalized spacial score (nSPS) is 22.5. The van der Waals surface area contributed by atoms with E-state index < -0.39 is 5.60 Å². The second-order valence-electron chi connectivity index (χ2n) is 8.38. The van der Waals surface area contributed by atoms with Gasteiger partial charge in [-0.25, -0.2) is 0 Å². The summed E-state index contributed by atoms with van der Waals surface area (Å²) >= 11 is 0. The van der Waals surface area contributed by atoms with Gasteiger partial charge in [-0.3, -0.25) is 4.79 Å². The van der Waals surface area contributed by atoms with E-state index in [1.165, 1.54) is 25.8 Å². The van der Waals surface area contributed by atoms with Gasteiger partial charge in [0, 0.05) is 24.9 Å². The predicted octanol–water partition coefficient (Wildman–Crippen LogP) is 4.47. The fourth-order valence-corrected chi connectivity index (χ4v) is 4.14. The van der Waals surface area contributed by atoms with Gasteiger partial charge in [-0.15, -0.1) is 0 Å². The summed E-state index contributed by atoms with van der Waals surface area (Å²) < 4.78 is 11.7. The Labute approximate surface area is 169 Å². The van der Waals surface area contributed by atoms with Crippen LogP contribution in [-0.2, 0) is 9.53 Å². The molecule has 3 rings (SSSR count). The van der Waals surface area contributed by atoms with Crippen LogP contribution in [0.1, 0.15) is 59.3 Å². The van der Waals surface area contributed by atoms with Gasteiger partial charge in [-0.05, 0) is 89.6 Å². The Hall–Kier alpha value is -1.59. The van der Waals surface area contributed by atoms with Crippen LogP contribution in [0.3, 0.4) is 0 Å². The molecular formula is C23H36N2O3. The summed E-state index contributed by atoms with van der Waals surface area (Å²) in [5, 5.41) is 3.00. The molecule has 1 aliphatic carbocycles. The highest BCUT2D eigenvalue weighted by Crippen LogP contribution is 2.42. The van der Waals surface area contributed by atoms with Crippen LogP contribution in [0.2, 0.25) is 0 Å². The average Bonchev–Trinajstić information content (AvgIpc) is 3.53. The number of rotatable bonds is 10. The van der Waals surface area contributed by atoms with Crippen LogP contribution in [0, 0.1) is 5.92 Å². The first-order valence-electron chi connectivity index (χ1n) is 10.9. The van der Waals surface area contributed by atoms with Crippen molar-refractivity contribution in [1.29, 1.82) is 0 Å². The van der Waals surface area contributed by atoms with Crippen LogP contribution in [-0.4, -0.2) is 48.8 Å². The maximum absolute atomic E-state index is 12.7. The third kappa shape index (κ3) is 5.48.